The van der Waals surface area contributed by atoms with E-state index in [1.807, 2.05) is 31.2 Å². The summed E-state index contributed by atoms with van der Waals surface area (Å²) in [5, 5.41) is 3.22. The molecule has 1 aromatic carbocycles. The fourth-order valence-electron chi connectivity index (χ4n) is 1.82. The summed E-state index contributed by atoms with van der Waals surface area (Å²) in [6, 6.07) is 10.8. The molecule has 0 saturated heterocycles. The van der Waals surface area contributed by atoms with Crippen LogP contribution >= 0.6 is 15.9 Å². The number of hydrogen-bond acceptors (Lipinski definition) is 4. The van der Waals surface area contributed by atoms with Crippen LogP contribution in [-0.4, -0.2) is 19.2 Å². The Morgan fingerprint density at radius 1 is 1.14 bits per heavy atom. The van der Waals surface area contributed by atoms with E-state index in [1.54, 1.807) is 19.1 Å². The Morgan fingerprint density at radius 2 is 1.81 bits per heavy atom. The van der Waals surface area contributed by atoms with Crippen LogP contribution in [0, 0.1) is 6.92 Å². The van der Waals surface area contributed by atoms with Crippen LogP contribution in [0.5, 0.6) is 0 Å². The Labute approximate surface area is 133 Å². The van der Waals surface area contributed by atoms with Crippen LogP contribution in [0.1, 0.15) is 18.2 Å². The van der Waals surface area contributed by atoms with Gasteiger partial charge >= 0.3 is 0 Å². The summed E-state index contributed by atoms with van der Waals surface area (Å²) in [4.78, 5) is 4.77. The van der Waals surface area contributed by atoms with E-state index in [1.165, 1.54) is 0 Å². The summed E-state index contributed by atoms with van der Waals surface area (Å²) in [5.41, 5.74) is 1.93. The predicted octanol–water partition coefficient (Wildman–Crippen LogP) is 3.56. The van der Waals surface area contributed by atoms with Crippen LogP contribution in [0.25, 0.3) is 0 Å². The first-order valence-electron chi connectivity index (χ1n) is 6.61. The minimum absolute atomic E-state index is 0.118. The molecule has 0 aliphatic rings. The number of sulfone groups is 1. The molecule has 2 aromatic rings. The summed E-state index contributed by atoms with van der Waals surface area (Å²) in [7, 11) is -3.13. The summed E-state index contributed by atoms with van der Waals surface area (Å²) in [6.45, 7) is 4.17. The molecule has 0 amide bonds. The van der Waals surface area contributed by atoms with Crippen LogP contribution in [0.4, 0.5) is 5.82 Å². The first-order chi connectivity index (χ1) is 9.92. The highest BCUT2D eigenvalue weighted by Crippen LogP contribution is 2.17. The number of anilines is 1. The first kappa shape index (κ1) is 16.0. The van der Waals surface area contributed by atoms with Gasteiger partial charge in [0.1, 0.15) is 5.82 Å². The highest BCUT2D eigenvalue weighted by molar-refractivity contribution is 9.10. The van der Waals surface area contributed by atoms with Gasteiger partial charge in [-0.3, -0.25) is 0 Å². The Hall–Kier alpha value is -1.40. The van der Waals surface area contributed by atoms with Crippen LogP contribution in [-0.2, 0) is 16.4 Å². The van der Waals surface area contributed by atoms with E-state index in [2.05, 4.69) is 26.2 Å². The maximum absolute atomic E-state index is 11.7. The lowest BCUT2D eigenvalue weighted by atomic mass is 10.2. The third kappa shape index (κ3) is 4.04. The number of rotatable bonds is 5. The standard InChI is InChI=1S/C15H17BrN2O2S/c1-3-21(19,20)13-6-4-12(5-7-13)10-17-15-9-8-14(16)11(2)18-15/h4-9H,3,10H2,1-2H3,(H,17,18). The number of benzene rings is 1. The van der Waals surface area contributed by atoms with E-state index in [0.717, 1.165) is 21.5 Å². The van der Waals surface area contributed by atoms with Gasteiger partial charge in [-0.05, 0) is 52.7 Å². The van der Waals surface area contributed by atoms with Gasteiger partial charge in [0, 0.05) is 11.0 Å². The summed E-state index contributed by atoms with van der Waals surface area (Å²) in [5.74, 6) is 0.910. The zero-order valence-corrected chi connectivity index (χ0v) is 14.3. The second-order valence-corrected chi connectivity index (χ2v) is 7.80. The molecule has 6 heteroatoms. The number of hydrogen-bond donors (Lipinski definition) is 1. The molecule has 0 bridgehead atoms. The number of pyridine rings is 1. The molecule has 4 nitrogen and oxygen atoms in total. The van der Waals surface area contributed by atoms with Gasteiger partial charge in [-0.25, -0.2) is 13.4 Å². The van der Waals surface area contributed by atoms with Crippen molar-refractivity contribution in [2.75, 3.05) is 11.1 Å². The Balaban J connectivity index is 2.05. The van der Waals surface area contributed by atoms with Crippen LogP contribution in [0.15, 0.2) is 45.8 Å². The van der Waals surface area contributed by atoms with E-state index in [0.29, 0.717) is 11.4 Å². The lowest BCUT2D eigenvalue weighted by molar-refractivity contribution is 0.597. The second-order valence-electron chi connectivity index (χ2n) is 4.66. The van der Waals surface area contributed by atoms with E-state index in [4.69, 9.17) is 0 Å². The van der Waals surface area contributed by atoms with E-state index < -0.39 is 9.84 Å². The molecule has 0 unspecified atom stereocenters. The smallest absolute Gasteiger partial charge is 0.178 e. The van der Waals surface area contributed by atoms with Crippen molar-refractivity contribution in [1.29, 1.82) is 0 Å². The molecular formula is C15H17BrN2O2S. The first-order valence-corrected chi connectivity index (χ1v) is 9.05. The quantitative estimate of drug-likeness (QED) is 0.876. The highest BCUT2D eigenvalue weighted by Gasteiger charge is 2.10. The predicted molar refractivity (Wildman–Crippen MR) is 88.2 cm³/mol. The van der Waals surface area contributed by atoms with Gasteiger partial charge in [0.05, 0.1) is 16.3 Å². The van der Waals surface area contributed by atoms with E-state index >= 15 is 0 Å². The summed E-state index contributed by atoms with van der Waals surface area (Å²) in [6.07, 6.45) is 0. The molecule has 1 heterocycles. The van der Waals surface area contributed by atoms with Crippen LogP contribution < -0.4 is 5.32 Å². The van der Waals surface area contributed by atoms with Gasteiger partial charge in [0.2, 0.25) is 0 Å². The monoisotopic (exact) mass is 368 g/mol. The molecule has 0 aliphatic carbocycles. The number of aryl methyl sites for hydroxylation is 1. The molecule has 0 spiro atoms. The van der Waals surface area contributed by atoms with Crippen molar-refractivity contribution in [2.45, 2.75) is 25.3 Å². The molecule has 0 aliphatic heterocycles. The van der Waals surface area contributed by atoms with E-state index in [9.17, 15) is 8.42 Å². The zero-order valence-electron chi connectivity index (χ0n) is 11.9. The third-order valence-corrected chi connectivity index (χ3v) is 5.75. The third-order valence-electron chi connectivity index (χ3n) is 3.16. The Kier molecular flexibility index (Phi) is 5.00. The maximum Gasteiger partial charge on any atom is 0.178 e. The average molecular weight is 369 g/mol. The molecule has 21 heavy (non-hydrogen) atoms. The fraction of sp³-hybridized carbons (Fsp3) is 0.267. The maximum atomic E-state index is 11.7. The van der Waals surface area contributed by atoms with Gasteiger partial charge in [0.15, 0.2) is 9.84 Å². The van der Waals surface area contributed by atoms with Gasteiger partial charge in [-0.1, -0.05) is 19.1 Å². The highest BCUT2D eigenvalue weighted by atomic mass is 79.9. The largest absolute Gasteiger partial charge is 0.366 e. The number of halogens is 1. The number of aromatic nitrogens is 1. The number of nitrogens with one attached hydrogen (secondary N) is 1. The van der Waals surface area contributed by atoms with Crippen molar-refractivity contribution in [1.82, 2.24) is 4.98 Å². The van der Waals surface area contributed by atoms with Gasteiger partial charge in [0.25, 0.3) is 0 Å². The summed E-state index contributed by atoms with van der Waals surface area (Å²) < 4.78 is 24.4. The van der Waals surface area contributed by atoms with Crippen LogP contribution in [0.3, 0.4) is 0 Å². The summed E-state index contributed by atoms with van der Waals surface area (Å²) >= 11 is 3.41. The molecule has 0 atom stereocenters. The number of nitrogens with zero attached hydrogens (tertiary/aromatic N) is 1. The van der Waals surface area contributed by atoms with Crippen molar-refractivity contribution < 1.29 is 8.42 Å². The SMILES string of the molecule is CCS(=O)(=O)c1ccc(CNc2ccc(Br)c(C)n2)cc1. The molecular weight excluding hydrogens is 352 g/mol. The van der Waals surface area contributed by atoms with Crippen molar-refractivity contribution in [3.8, 4) is 0 Å². The van der Waals surface area contributed by atoms with Gasteiger partial charge in [-0.2, -0.15) is 0 Å². The van der Waals surface area contributed by atoms with Gasteiger partial charge < -0.3 is 5.32 Å². The van der Waals surface area contributed by atoms with Crippen molar-refractivity contribution >= 4 is 31.6 Å². The van der Waals surface area contributed by atoms with E-state index in [-0.39, 0.29) is 5.75 Å². The minimum Gasteiger partial charge on any atom is -0.366 e. The van der Waals surface area contributed by atoms with Crippen LogP contribution in [0.2, 0.25) is 0 Å². The molecule has 0 radical (unpaired) electrons. The molecule has 112 valence electrons. The normalized spacial score (nSPS) is 11.4. The van der Waals surface area contributed by atoms with Gasteiger partial charge in [-0.15, -0.1) is 0 Å². The Morgan fingerprint density at radius 3 is 2.38 bits per heavy atom. The lowest BCUT2D eigenvalue weighted by Crippen LogP contribution is -2.05. The molecule has 2 rings (SSSR count). The second kappa shape index (κ2) is 6.58. The topological polar surface area (TPSA) is 59.1 Å². The van der Waals surface area contributed by atoms with Crippen molar-refractivity contribution in [2.24, 2.45) is 0 Å². The fourth-order valence-corrected chi connectivity index (χ4v) is 2.92. The van der Waals surface area contributed by atoms with Crippen molar-refractivity contribution in [3.05, 3.63) is 52.1 Å². The zero-order chi connectivity index (χ0) is 15.5. The molecule has 0 fully saturated rings. The molecule has 1 aromatic heterocycles. The Bertz CT molecular complexity index is 728. The average Bonchev–Trinajstić information content (AvgIpc) is 2.49. The minimum atomic E-state index is -3.13. The lowest BCUT2D eigenvalue weighted by Gasteiger charge is -2.08. The van der Waals surface area contributed by atoms with Crippen molar-refractivity contribution in [3.63, 3.8) is 0 Å². The molecule has 1 N–H and O–H groups in total. The molecule has 0 saturated carbocycles.